The third-order valence-electron chi connectivity index (χ3n) is 4.12. The Morgan fingerprint density at radius 2 is 1.87 bits per heavy atom. The monoisotopic (exact) mass is 308 g/mol. The fraction of sp³-hybridized carbons (Fsp3) is 0.118. The molecule has 0 radical (unpaired) electrons. The molecule has 0 spiro atoms. The van der Waals surface area contributed by atoms with Crippen molar-refractivity contribution in [2.24, 2.45) is 0 Å². The third-order valence-corrected chi connectivity index (χ3v) is 4.12. The van der Waals surface area contributed by atoms with Crippen LogP contribution in [0, 0.1) is 10.1 Å². The smallest absolute Gasteiger partial charge is 0.395 e. The van der Waals surface area contributed by atoms with Gasteiger partial charge in [0.05, 0.1) is 6.07 Å². The molecule has 6 nitrogen and oxygen atoms in total. The minimum atomic E-state index is -0.671. The Labute approximate surface area is 130 Å². The Bertz CT molecular complexity index is 948. The van der Waals surface area contributed by atoms with Gasteiger partial charge in [-0.3, -0.25) is 14.9 Å². The Balaban J connectivity index is 1.70. The molecule has 6 heteroatoms. The molecule has 1 aromatic heterocycles. The zero-order chi connectivity index (χ0) is 16.0. The molecule has 1 aliphatic carbocycles. The molecule has 0 saturated carbocycles. The predicted molar refractivity (Wildman–Crippen MR) is 84.7 cm³/mol. The molecule has 0 aliphatic heterocycles. The van der Waals surface area contributed by atoms with Gasteiger partial charge in [0.25, 0.3) is 5.91 Å². The van der Waals surface area contributed by atoms with E-state index in [1.54, 1.807) is 0 Å². The summed E-state index contributed by atoms with van der Waals surface area (Å²) in [4.78, 5) is 22.2. The molecule has 4 rings (SSSR count). The van der Waals surface area contributed by atoms with Gasteiger partial charge in [-0.15, -0.1) is 0 Å². The van der Waals surface area contributed by atoms with E-state index in [-0.39, 0.29) is 5.76 Å². The highest BCUT2D eigenvalue weighted by atomic mass is 16.6. The van der Waals surface area contributed by atoms with Crippen molar-refractivity contribution in [2.75, 3.05) is 5.32 Å². The fourth-order valence-electron chi connectivity index (χ4n) is 3.09. The predicted octanol–water partition coefficient (Wildman–Crippen LogP) is 3.69. The third kappa shape index (κ3) is 2.15. The van der Waals surface area contributed by atoms with Crippen molar-refractivity contribution >= 4 is 28.3 Å². The second kappa shape index (κ2) is 4.95. The van der Waals surface area contributed by atoms with Crippen molar-refractivity contribution in [3.8, 4) is 0 Å². The number of rotatable bonds is 3. The number of amides is 1. The number of benzene rings is 2. The number of nitro groups is 1. The summed E-state index contributed by atoms with van der Waals surface area (Å²) in [5.74, 6) is -1.03. The molecule has 114 valence electrons. The number of aryl methyl sites for hydroxylation is 2. The first-order valence-electron chi connectivity index (χ1n) is 7.22. The van der Waals surface area contributed by atoms with E-state index in [1.165, 1.54) is 28.6 Å². The molecule has 0 atom stereocenters. The number of carbonyl (C=O) groups excluding carboxylic acids is 1. The average molecular weight is 308 g/mol. The van der Waals surface area contributed by atoms with E-state index < -0.39 is 16.7 Å². The molecule has 1 amide bonds. The summed E-state index contributed by atoms with van der Waals surface area (Å²) in [6.07, 6.45) is 2.02. The molecule has 23 heavy (non-hydrogen) atoms. The van der Waals surface area contributed by atoms with Gasteiger partial charge in [0.1, 0.15) is 4.92 Å². The maximum atomic E-state index is 12.3. The molecule has 0 fully saturated rings. The van der Waals surface area contributed by atoms with Crippen LogP contribution in [0.25, 0.3) is 10.8 Å². The number of carbonyl (C=O) groups is 1. The van der Waals surface area contributed by atoms with E-state index in [1.807, 2.05) is 24.3 Å². The Morgan fingerprint density at radius 1 is 1.09 bits per heavy atom. The SMILES string of the molecule is O=C(Nc1ccc2c3c(cccc13)CC2)c1ccc([N+](=O)[O-])o1. The van der Waals surface area contributed by atoms with Crippen LogP contribution in [-0.2, 0) is 12.8 Å². The van der Waals surface area contributed by atoms with Crippen LogP contribution in [0.2, 0.25) is 0 Å². The zero-order valence-electron chi connectivity index (χ0n) is 12.0. The van der Waals surface area contributed by atoms with E-state index in [0.717, 1.165) is 18.2 Å². The van der Waals surface area contributed by atoms with Gasteiger partial charge in [0.2, 0.25) is 0 Å². The molecule has 0 saturated heterocycles. The van der Waals surface area contributed by atoms with Gasteiger partial charge in [0.15, 0.2) is 5.76 Å². The fourth-order valence-corrected chi connectivity index (χ4v) is 3.09. The lowest BCUT2D eigenvalue weighted by atomic mass is 10.0. The Hall–Kier alpha value is -3.15. The summed E-state index contributed by atoms with van der Waals surface area (Å²) >= 11 is 0. The quantitative estimate of drug-likeness (QED) is 0.590. The average Bonchev–Trinajstić information content (AvgIpc) is 3.18. The van der Waals surface area contributed by atoms with Crippen LogP contribution in [0.5, 0.6) is 0 Å². The van der Waals surface area contributed by atoms with Crippen LogP contribution in [-0.4, -0.2) is 10.8 Å². The summed E-state index contributed by atoms with van der Waals surface area (Å²) in [7, 11) is 0. The molecule has 2 aromatic carbocycles. The number of furan rings is 1. The molecule has 0 bridgehead atoms. The van der Waals surface area contributed by atoms with E-state index in [9.17, 15) is 14.9 Å². The van der Waals surface area contributed by atoms with Crippen LogP contribution in [0.15, 0.2) is 46.9 Å². The van der Waals surface area contributed by atoms with E-state index in [2.05, 4.69) is 11.4 Å². The summed E-state index contributed by atoms with van der Waals surface area (Å²) in [5.41, 5.74) is 3.24. The Kier molecular flexibility index (Phi) is 2.90. The number of nitrogens with zero attached hydrogens (tertiary/aromatic N) is 1. The number of hydrogen-bond acceptors (Lipinski definition) is 4. The van der Waals surface area contributed by atoms with Gasteiger partial charge in [-0.2, -0.15) is 0 Å². The van der Waals surface area contributed by atoms with E-state index >= 15 is 0 Å². The molecule has 0 unspecified atom stereocenters. The molecule has 3 aromatic rings. The molecule has 1 N–H and O–H groups in total. The molecule has 1 heterocycles. The van der Waals surface area contributed by atoms with Crippen molar-refractivity contribution in [2.45, 2.75) is 12.8 Å². The topological polar surface area (TPSA) is 85.4 Å². The van der Waals surface area contributed by atoms with Gasteiger partial charge < -0.3 is 9.73 Å². The van der Waals surface area contributed by atoms with E-state index in [0.29, 0.717) is 5.69 Å². The van der Waals surface area contributed by atoms with Crippen LogP contribution in [0.1, 0.15) is 21.7 Å². The standard InChI is InChI=1S/C17H12N2O4/c20-17(14-8-9-15(23-14)19(21)22)18-13-7-6-11-5-4-10-2-1-3-12(13)16(10)11/h1-3,6-9H,4-5H2,(H,18,20). The van der Waals surface area contributed by atoms with Crippen molar-refractivity contribution in [1.29, 1.82) is 0 Å². The summed E-state index contributed by atoms with van der Waals surface area (Å²) in [6, 6.07) is 12.4. The highest BCUT2D eigenvalue weighted by Gasteiger charge is 2.20. The maximum absolute atomic E-state index is 12.3. The lowest BCUT2D eigenvalue weighted by Gasteiger charge is -2.09. The van der Waals surface area contributed by atoms with Gasteiger partial charge in [-0.05, 0) is 41.5 Å². The minimum absolute atomic E-state index is 0.0834. The summed E-state index contributed by atoms with van der Waals surface area (Å²) < 4.78 is 4.94. The molecular weight excluding hydrogens is 296 g/mol. The highest BCUT2D eigenvalue weighted by molar-refractivity contribution is 6.09. The maximum Gasteiger partial charge on any atom is 0.433 e. The number of nitrogens with one attached hydrogen (secondary N) is 1. The van der Waals surface area contributed by atoms with Gasteiger partial charge in [-0.1, -0.05) is 24.3 Å². The lowest BCUT2D eigenvalue weighted by Crippen LogP contribution is -2.11. The van der Waals surface area contributed by atoms with Crippen molar-refractivity contribution in [1.82, 2.24) is 0 Å². The van der Waals surface area contributed by atoms with Gasteiger partial charge >= 0.3 is 5.88 Å². The van der Waals surface area contributed by atoms with Gasteiger partial charge in [-0.25, -0.2) is 0 Å². The second-order valence-electron chi connectivity index (χ2n) is 5.46. The van der Waals surface area contributed by atoms with Crippen LogP contribution in [0.3, 0.4) is 0 Å². The van der Waals surface area contributed by atoms with Crippen LogP contribution < -0.4 is 5.32 Å². The van der Waals surface area contributed by atoms with Crippen LogP contribution >= 0.6 is 0 Å². The highest BCUT2D eigenvalue weighted by Crippen LogP contribution is 2.35. The minimum Gasteiger partial charge on any atom is -0.395 e. The molecule has 1 aliphatic rings. The van der Waals surface area contributed by atoms with Crippen LogP contribution in [0.4, 0.5) is 11.6 Å². The van der Waals surface area contributed by atoms with Crippen molar-refractivity contribution < 1.29 is 14.1 Å². The normalized spacial score (nSPS) is 12.5. The van der Waals surface area contributed by atoms with Crippen molar-refractivity contribution in [3.05, 3.63) is 69.5 Å². The molecular formula is C17H12N2O4. The first-order valence-corrected chi connectivity index (χ1v) is 7.22. The Morgan fingerprint density at radius 3 is 2.61 bits per heavy atom. The first kappa shape index (κ1) is 13.5. The largest absolute Gasteiger partial charge is 0.433 e. The summed E-state index contributed by atoms with van der Waals surface area (Å²) in [6.45, 7) is 0. The zero-order valence-corrected chi connectivity index (χ0v) is 12.0. The van der Waals surface area contributed by atoms with Crippen molar-refractivity contribution in [3.63, 3.8) is 0 Å². The second-order valence-corrected chi connectivity index (χ2v) is 5.46. The van der Waals surface area contributed by atoms with E-state index in [4.69, 9.17) is 4.42 Å². The summed E-state index contributed by atoms with van der Waals surface area (Å²) in [5, 5.41) is 15.6. The van der Waals surface area contributed by atoms with Gasteiger partial charge in [0, 0.05) is 11.1 Å². The lowest BCUT2D eigenvalue weighted by molar-refractivity contribution is -0.402. The number of anilines is 1. The first-order chi connectivity index (χ1) is 11.1. The number of hydrogen-bond donors (Lipinski definition) is 1.